The van der Waals surface area contributed by atoms with Crippen molar-refractivity contribution in [3.63, 3.8) is 0 Å². The molecule has 2 unspecified atom stereocenters. The van der Waals surface area contributed by atoms with Crippen LogP contribution >= 0.6 is 11.6 Å². The van der Waals surface area contributed by atoms with Crippen LogP contribution in [-0.4, -0.2) is 20.9 Å². The van der Waals surface area contributed by atoms with Gasteiger partial charge in [-0.3, -0.25) is 4.79 Å². The van der Waals surface area contributed by atoms with E-state index < -0.39 is 16.1 Å². The third kappa shape index (κ3) is 6.32. The molecule has 0 heterocycles. The van der Waals surface area contributed by atoms with E-state index in [0.717, 1.165) is 11.1 Å². The number of carbonyl (C=O) groups excluding carboxylic acids is 1. The zero-order valence-corrected chi connectivity index (χ0v) is 19.4. The summed E-state index contributed by atoms with van der Waals surface area (Å²) in [6.45, 7) is 3.40. The average Bonchev–Trinajstić information content (AvgIpc) is 2.79. The molecule has 3 rings (SSSR count). The lowest BCUT2D eigenvalue weighted by molar-refractivity contribution is -0.123. The predicted molar refractivity (Wildman–Crippen MR) is 125 cm³/mol. The van der Waals surface area contributed by atoms with Gasteiger partial charge in [-0.2, -0.15) is 0 Å². The van der Waals surface area contributed by atoms with Gasteiger partial charge in [0.05, 0.1) is 16.0 Å². The Hall–Kier alpha value is -2.87. The topological polar surface area (TPSA) is 84.5 Å². The third-order valence-electron chi connectivity index (χ3n) is 4.88. The van der Waals surface area contributed by atoms with Crippen LogP contribution in [0.2, 0.25) is 5.02 Å². The fraction of sp³-hybridized carbons (Fsp3) is 0.208. The van der Waals surface area contributed by atoms with Gasteiger partial charge in [-0.25, -0.2) is 13.1 Å². The molecule has 32 heavy (non-hydrogen) atoms. The molecule has 2 atom stereocenters. The van der Waals surface area contributed by atoms with Gasteiger partial charge in [-0.15, -0.1) is 0 Å². The van der Waals surface area contributed by atoms with Crippen molar-refractivity contribution in [3.8, 4) is 5.75 Å². The minimum absolute atomic E-state index is 0.0137. The van der Waals surface area contributed by atoms with Gasteiger partial charge in [0.1, 0.15) is 5.75 Å². The summed E-state index contributed by atoms with van der Waals surface area (Å²) in [7, 11) is -3.79. The number of nitrogens with one attached hydrogen (secondary N) is 2. The number of sulfonamides is 1. The molecule has 0 radical (unpaired) electrons. The second-order valence-corrected chi connectivity index (χ2v) is 9.46. The lowest BCUT2D eigenvalue weighted by Crippen LogP contribution is -2.31. The second kappa shape index (κ2) is 10.6. The van der Waals surface area contributed by atoms with Gasteiger partial charge in [0.25, 0.3) is 5.91 Å². The zero-order valence-electron chi connectivity index (χ0n) is 17.8. The number of hydrogen-bond acceptors (Lipinski definition) is 4. The van der Waals surface area contributed by atoms with Crippen molar-refractivity contribution in [1.82, 2.24) is 10.0 Å². The van der Waals surface area contributed by atoms with Crippen molar-refractivity contribution in [2.45, 2.75) is 30.8 Å². The molecule has 0 saturated carbocycles. The first kappa shape index (κ1) is 23.8. The van der Waals surface area contributed by atoms with Gasteiger partial charge in [-0.1, -0.05) is 72.3 Å². The van der Waals surface area contributed by atoms with E-state index in [1.807, 2.05) is 67.6 Å². The van der Waals surface area contributed by atoms with Crippen molar-refractivity contribution < 1.29 is 17.9 Å². The van der Waals surface area contributed by atoms with Crippen LogP contribution in [-0.2, 0) is 14.8 Å². The normalized spacial score (nSPS) is 13.2. The van der Waals surface area contributed by atoms with Crippen LogP contribution in [0.1, 0.15) is 37.1 Å². The van der Waals surface area contributed by atoms with Crippen molar-refractivity contribution in [1.29, 1.82) is 0 Å². The molecule has 0 saturated heterocycles. The smallest absolute Gasteiger partial charge is 0.258 e. The van der Waals surface area contributed by atoms with Crippen LogP contribution in [0, 0.1) is 0 Å². The predicted octanol–water partition coefficient (Wildman–Crippen LogP) is 4.64. The lowest BCUT2D eigenvalue weighted by Gasteiger charge is -2.16. The van der Waals surface area contributed by atoms with Crippen LogP contribution in [0.4, 0.5) is 0 Å². The summed E-state index contributed by atoms with van der Waals surface area (Å²) in [5, 5.41) is 2.95. The molecule has 0 aliphatic rings. The Balaban J connectivity index is 1.60. The molecule has 3 aromatic rings. The summed E-state index contributed by atoms with van der Waals surface area (Å²) in [4.78, 5) is 12.2. The standard InChI is InChI=1S/C24H25ClN2O4S/c1-17(19-9-5-3-6-10-19)26-24(28)16-31-23-14-13-21(15-22(23)25)32(29,30)27-18(2)20-11-7-4-8-12-20/h3-15,17-18,27H,16H2,1-2H3,(H,26,28). The molecular weight excluding hydrogens is 448 g/mol. The van der Waals surface area contributed by atoms with Crippen molar-refractivity contribution in [3.05, 3.63) is 95.0 Å². The molecule has 3 aromatic carbocycles. The molecule has 6 nitrogen and oxygen atoms in total. The van der Waals surface area contributed by atoms with E-state index >= 15 is 0 Å². The Morgan fingerprint density at radius 2 is 1.47 bits per heavy atom. The molecule has 168 valence electrons. The summed E-state index contributed by atoms with van der Waals surface area (Å²) < 4.78 is 33.6. The van der Waals surface area contributed by atoms with E-state index in [1.165, 1.54) is 18.2 Å². The summed E-state index contributed by atoms with van der Waals surface area (Å²) >= 11 is 6.23. The van der Waals surface area contributed by atoms with Crippen LogP contribution in [0.3, 0.4) is 0 Å². The molecule has 0 spiro atoms. The largest absolute Gasteiger partial charge is 0.482 e. The minimum Gasteiger partial charge on any atom is -0.482 e. The number of halogens is 1. The van der Waals surface area contributed by atoms with Crippen molar-refractivity contribution in [2.75, 3.05) is 6.61 Å². The highest BCUT2D eigenvalue weighted by Crippen LogP contribution is 2.28. The van der Waals surface area contributed by atoms with Gasteiger partial charge >= 0.3 is 0 Å². The molecular formula is C24H25ClN2O4S. The highest BCUT2D eigenvalue weighted by atomic mass is 35.5. The van der Waals surface area contributed by atoms with Crippen LogP contribution in [0.25, 0.3) is 0 Å². The average molecular weight is 473 g/mol. The van der Waals surface area contributed by atoms with Crippen LogP contribution in [0.15, 0.2) is 83.8 Å². The molecule has 0 aromatic heterocycles. The highest BCUT2D eigenvalue weighted by molar-refractivity contribution is 7.89. The fourth-order valence-electron chi connectivity index (χ4n) is 3.13. The first-order valence-corrected chi connectivity index (χ1v) is 12.0. The Labute approximate surface area is 193 Å². The maximum absolute atomic E-state index is 12.7. The van der Waals surface area contributed by atoms with Gasteiger partial charge < -0.3 is 10.1 Å². The van der Waals surface area contributed by atoms with Crippen LogP contribution in [0.5, 0.6) is 5.75 Å². The van der Waals surface area contributed by atoms with Gasteiger partial charge in [-0.05, 0) is 43.2 Å². The molecule has 0 aliphatic carbocycles. The van der Waals surface area contributed by atoms with Gasteiger partial charge in [0.15, 0.2) is 6.61 Å². The first-order valence-electron chi connectivity index (χ1n) is 10.1. The molecule has 0 aliphatic heterocycles. The number of amides is 1. The molecule has 0 bridgehead atoms. The summed E-state index contributed by atoms with van der Waals surface area (Å²) in [6, 6.07) is 22.4. The number of ether oxygens (including phenoxy) is 1. The molecule has 8 heteroatoms. The van der Waals surface area contributed by atoms with Crippen LogP contribution < -0.4 is 14.8 Å². The fourth-order valence-corrected chi connectivity index (χ4v) is 4.69. The van der Waals surface area contributed by atoms with Gasteiger partial charge in [0.2, 0.25) is 10.0 Å². The van der Waals surface area contributed by atoms with Gasteiger partial charge in [0, 0.05) is 6.04 Å². The number of rotatable bonds is 9. The SMILES string of the molecule is CC(NC(=O)COc1ccc(S(=O)(=O)NC(C)c2ccccc2)cc1Cl)c1ccccc1. The van der Waals surface area contributed by atoms with Crippen molar-refractivity contribution in [2.24, 2.45) is 0 Å². The summed E-state index contributed by atoms with van der Waals surface area (Å²) in [5.74, 6) is -0.0864. The first-order chi connectivity index (χ1) is 15.3. The highest BCUT2D eigenvalue weighted by Gasteiger charge is 2.20. The third-order valence-corrected chi connectivity index (χ3v) is 6.71. The van der Waals surface area contributed by atoms with E-state index in [-0.39, 0.29) is 34.2 Å². The quantitative estimate of drug-likeness (QED) is 0.475. The van der Waals surface area contributed by atoms with Crippen molar-refractivity contribution >= 4 is 27.5 Å². The lowest BCUT2D eigenvalue weighted by atomic mass is 10.1. The van der Waals surface area contributed by atoms with E-state index in [0.29, 0.717) is 0 Å². The Bertz CT molecular complexity index is 1160. The zero-order chi connectivity index (χ0) is 23.1. The number of carbonyl (C=O) groups is 1. The molecule has 0 fully saturated rings. The van der Waals surface area contributed by atoms with E-state index in [2.05, 4.69) is 10.0 Å². The summed E-state index contributed by atoms with van der Waals surface area (Å²) in [5.41, 5.74) is 1.82. The maximum Gasteiger partial charge on any atom is 0.258 e. The van der Waals surface area contributed by atoms with E-state index in [4.69, 9.17) is 16.3 Å². The second-order valence-electron chi connectivity index (χ2n) is 7.33. The Morgan fingerprint density at radius 3 is 2.03 bits per heavy atom. The summed E-state index contributed by atoms with van der Waals surface area (Å²) in [6.07, 6.45) is 0. The Kier molecular flexibility index (Phi) is 7.90. The molecule has 2 N–H and O–H groups in total. The number of benzene rings is 3. The minimum atomic E-state index is -3.79. The van der Waals surface area contributed by atoms with E-state index in [1.54, 1.807) is 6.92 Å². The monoisotopic (exact) mass is 472 g/mol. The van der Waals surface area contributed by atoms with E-state index in [9.17, 15) is 13.2 Å². The maximum atomic E-state index is 12.7. The Morgan fingerprint density at radius 1 is 0.906 bits per heavy atom. The molecule has 1 amide bonds. The number of hydrogen-bond donors (Lipinski definition) is 2.